The third kappa shape index (κ3) is 2.87. The highest BCUT2D eigenvalue weighted by atomic mass is 16.7. The first kappa shape index (κ1) is 11.7. The minimum atomic E-state index is -0.703. The summed E-state index contributed by atoms with van der Waals surface area (Å²) in [5.74, 6) is -0.480. The summed E-state index contributed by atoms with van der Waals surface area (Å²) in [5, 5.41) is 2.78. The largest absolute Gasteiger partial charge is 0.458 e. The van der Waals surface area contributed by atoms with Crippen molar-refractivity contribution in [1.82, 2.24) is 5.32 Å². The Hall–Kier alpha value is -1.78. The molecule has 1 N–H and O–H groups in total. The van der Waals surface area contributed by atoms with Gasteiger partial charge in [-0.1, -0.05) is 0 Å². The lowest BCUT2D eigenvalue weighted by molar-refractivity contribution is -0.152. The number of carbonyl (C=O) groups excluding carboxylic acids is 2. The molecule has 0 bridgehead atoms. The van der Waals surface area contributed by atoms with Crippen LogP contribution in [0.3, 0.4) is 0 Å². The molecule has 0 aromatic rings. The molecule has 0 radical (unpaired) electrons. The average molecular weight is 237 g/mol. The molecular weight excluding hydrogens is 222 g/mol. The van der Waals surface area contributed by atoms with Crippen LogP contribution in [0.5, 0.6) is 0 Å². The molecular formula is C12H15NO4. The average Bonchev–Trinajstić information content (AvgIpc) is 2.50. The first-order valence-corrected chi connectivity index (χ1v) is 5.69. The molecule has 1 amide bonds. The minimum absolute atomic E-state index is 0.104. The second-order valence-electron chi connectivity index (χ2n) is 4.12. The fourth-order valence-electron chi connectivity index (χ4n) is 1.70. The fourth-order valence-corrected chi connectivity index (χ4v) is 1.70. The van der Waals surface area contributed by atoms with Gasteiger partial charge in [0.25, 0.3) is 6.29 Å². The number of amides is 1. The third-order valence-electron chi connectivity index (χ3n) is 2.73. The first-order valence-electron chi connectivity index (χ1n) is 5.69. The van der Waals surface area contributed by atoms with Crippen molar-refractivity contribution in [2.45, 2.75) is 32.5 Å². The Morgan fingerprint density at radius 3 is 3.00 bits per heavy atom. The smallest absolute Gasteiger partial charge is 0.336 e. The molecule has 1 saturated heterocycles. The van der Waals surface area contributed by atoms with Gasteiger partial charge in [-0.05, 0) is 26.2 Å². The summed E-state index contributed by atoms with van der Waals surface area (Å²) >= 11 is 0. The molecule has 0 saturated carbocycles. The lowest BCUT2D eigenvalue weighted by atomic mass is 10.1. The number of hydrogen-bond donors (Lipinski definition) is 1. The zero-order valence-corrected chi connectivity index (χ0v) is 9.69. The number of carbonyl (C=O) groups is 2. The van der Waals surface area contributed by atoms with Crippen molar-refractivity contribution in [3.8, 4) is 0 Å². The molecule has 2 aliphatic heterocycles. The minimum Gasteiger partial charge on any atom is -0.458 e. The normalized spacial score (nSPS) is 27.2. The van der Waals surface area contributed by atoms with Crippen LogP contribution in [-0.4, -0.2) is 24.7 Å². The Kier molecular flexibility index (Phi) is 3.46. The van der Waals surface area contributed by atoms with Crippen LogP contribution in [0.4, 0.5) is 0 Å². The number of rotatable bonds is 2. The standard InChI is InChI=1S/C12H15NO4/c1-8-6-10(17-12(8)15)16-7-9-4-2-3-5-13-11(9)14/h6-7,10H,2-5H2,1H3,(H,13,14)/b9-7+. The molecule has 0 aliphatic carbocycles. The van der Waals surface area contributed by atoms with Gasteiger partial charge in [-0.15, -0.1) is 0 Å². The van der Waals surface area contributed by atoms with Crippen molar-refractivity contribution in [2.24, 2.45) is 0 Å². The Morgan fingerprint density at radius 1 is 1.47 bits per heavy atom. The topological polar surface area (TPSA) is 64.6 Å². The lowest BCUT2D eigenvalue weighted by Gasteiger charge is -2.09. The molecule has 0 spiro atoms. The van der Waals surface area contributed by atoms with Crippen molar-refractivity contribution >= 4 is 11.9 Å². The molecule has 17 heavy (non-hydrogen) atoms. The van der Waals surface area contributed by atoms with E-state index in [4.69, 9.17) is 9.47 Å². The zero-order valence-electron chi connectivity index (χ0n) is 9.69. The van der Waals surface area contributed by atoms with Crippen LogP contribution >= 0.6 is 0 Å². The number of esters is 1. The molecule has 2 rings (SSSR count). The second kappa shape index (κ2) is 5.03. The van der Waals surface area contributed by atoms with E-state index < -0.39 is 6.29 Å². The van der Waals surface area contributed by atoms with E-state index in [1.54, 1.807) is 13.0 Å². The predicted octanol–water partition coefficient (Wildman–Crippen LogP) is 1.02. The van der Waals surface area contributed by atoms with Gasteiger partial charge in [0.05, 0.1) is 11.8 Å². The molecule has 2 heterocycles. The highest BCUT2D eigenvalue weighted by Crippen LogP contribution is 2.17. The van der Waals surface area contributed by atoms with Crippen LogP contribution in [0, 0.1) is 0 Å². The Bertz CT molecular complexity index is 397. The molecule has 92 valence electrons. The summed E-state index contributed by atoms with van der Waals surface area (Å²) < 4.78 is 10.2. The van der Waals surface area contributed by atoms with Crippen molar-refractivity contribution in [2.75, 3.05) is 6.54 Å². The van der Waals surface area contributed by atoms with Gasteiger partial charge in [0.2, 0.25) is 5.91 Å². The van der Waals surface area contributed by atoms with Gasteiger partial charge >= 0.3 is 5.97 Å². The van der Waals surface area contributed by atoms with Crippen LogP contribution in [-0.2, 0) is 19.1 Å². The summed E-state index contributed by atoms with van der Waals surface area (Å²) in [5.41, 5.74) is 1.12. The van der Waals surface area contributed by atoms with Crippen LogP contribution in [0.15, 0.2) is 23.5 Å². The summed E-state index contributed by atoms with van der Waals surface area (Å²) in [4.78, 5) is 22.6. The van der Waals surface area contributed by atoms with Gasteiger partial charge in [0.15, 0.2) is 0 Å². The Labute approximate surface area is 99.5 Å². The van der Waals surface area contributed by atoms with E-state index in [1.165, 1.54) is 6.26 Å². The molecule has 5 nitrogen and oxygen atoms in total. The zero-order chi connectivity index (χ0) is 12.3. The Balaban J connectivity index is 1.95. The lowest BCUT2D eigenvalue weighted by Crippen LogP contribution is -2.23. The predicted molar refractivity (Wildman–Crippen MR) is 59.7 cm³/mol. The van der Waals surface area contributed by atoms with Crippen molar-refractivity contribution in [3.05, 3.63) is 23.5 Å². The van der Waals surface area contributed by atoms with E-state index in [1.807, 2.05) is 0 Å². The van der Waals surface area contributed by atoms with Gasteiger partial charge in [-0.3, -0.25) is 4.79 Å². The van der Waals surface area contributed by atoms with Gasteiger partial charge in [-0.25, -0.2) is 4.79 Å². The van der Waals surface area contributed by atoms with Crippen LogP contribution in [0.25, 0.3) is 0 Å². The summed E-state index contributed by atoms with van der Waals surface area (Å²) in [7, 11) is 0. The number of ether oxygens (including phenoxy) is 2. The van der Waals surface area contributed by atoms with E-state index in [0.29, 0.717) is 24.1 Å². The van der Waals surface area contributed by atoms with E-state index in [9.17, 15) is 9.59 Å². The van der Waals surface area contributed by atoms with E-state index in [0.717, 1.165) is 12.8 Å². The molecule has 2 aliphatic rings. The van der Waals surface area contributed by atoms with Crippen molar-refractivity contribution in [3.63, 3.8) is 0 Å². The Morgan fingerprint density at radius 2 is 2.29 bits per heavy atom. The molecule has 0 aromatic heterocycles. The summed E-state index contributed by atoms with van der Waals surface area (Å²) in [6.07, 6.45) is 4.90. The van der Waals surface area contributed by atoms with Crippen molar-refractivity contribution in [1.29, 1.82) is 0 Å². The molecule has 5 heteroatoms. The van der Waals surface area contributed by atoms with Gasteiger partial charge in [0, 0.05) is 18.2 Å². The molecule has 1 fully saturated rings. The first-order chi connectivity index (χ1) is 8.16. The van der Waals surface area contributed by atoms with E-state index in [2.05, 4.69) is 5.32 Å². The monoisotopic (exact) mass is 237 g/mol. The maximum absolute atomic E-state index is 11.6. The van der Waals surface area contributed by atoms with Gasteiger partial charge < -0.3 is 14.8 Å². The quantitative estimate of drug-likeness (QED) is 0.442. The third-order valence-corrected chi connectivity index (χ3v) is 2.73. The van der Waals surface area contributed by atoms with Crippen molar-refractivity contribution < 1.29 is 19.1 Å². The second-order valence-corrected chi connectivity index (χ2v) is 4.12. The molecule has 1 atom stereocenters. The number of cyclic esters (lactones) is 1. The van der Waals surface area contributed by atoms with Crippen LogP contribution in [0.2, 0.25) is 0 Å². The van der Waals surface area contributed by atoms with Crippen LogP contribution < -0.4 is 5.32 Å². The molecule has 1 unspecified atom stereocenters. The fraction of sp³-hybridized carbons (Fsp3) is 0.500. The van der Waals surface area contributed by atoms with Gasteiger partial charge in [0.1, 0.15) is 0 Å². The van der Waals surface area contributed by atoms with Crippen LogP contribution in [0.1, 0.15) is 26.2 Å². The number of hydrogen-bond acceptors (Lipinski definition) is 4. The van der Waals surface area contributed by atoms with Gasteiger partial charge in [-0.2, -0.15) is 0 Å². The maximum atomic E-state index is 11.6. The maximum Gasteiger partial charge on any atom is 0.336 e. The number of nitrogens with one attached hydrogen (secondary N) is 1. The molecule has 0 aromatic carbocycles. The summed E-state index contributed by atoms with van der Waals surface area (Å²) in [6.45, 7) is 2.37. The van der Waals surface area contributed by atoms with E-state index in [-0.39, 0.29) is 11.9 Å². The highest BCUT2D eigenvalue weighted by Gasteiger charge is 2.23. The summed E-state index contributed by atoms with van der Waals surface area (Å²) in [6, 6.07) is 0. The highest BCUT2D eigenvalue weighted by molar-refractivity contribution is 5.93. The van der Waals surface area contributed by atoms with E-state index >= 15 is 0 Å². The SMILES string of the molecule is CC1=CC(O/C=C2\CCCCNC2=O)OC1=O.